The van der Waals surface area contributed by atoms with Gasteiger partial charge in [-0.05, 0) is 31.5 Å². The number of rotatable bonds is 6. The van der Waals surface area contributed by atoms with E-state index in [1.807, 2.05) is 6.92 Å². The molecule has 0 aliphatic carbocycles. The summed E-state index contributed by atoms with van der Waals surface area (Å²) in [5.41, 5.74) is 0. The van der Waals surface area contributed by atoms with Crippen molar-refractivity contribution in [3.8, 4) is 0 Å². The molecule has 9 heteroatoms. The molecule has 1 fully saturated rings. The van der Waals surface area contributed by atoms with Crippen LogP contribution in [0, 0.1) is 11.6 Å². The van der Waals surface area contributed by atoms with Crippen molar-refractivity contribution < 1.29 is 27.1 Å². The fourth-order valence-corrected chi connectivity index (χ4v) is 4.46. The number of halogens is 2. The van der Waals surface area contributed by atoms with Crippen molar-refractivity contribution >= 4 is 16.0 Å². The lowest BCUT2D eigenvalue weighted by Crippen LogP contribution is -2.48. The average molecular weight is 362 g/mol. The largest absolute Gasteiger partial charge is 0.480 e. The predicted octanol–water partition coefficient (Wildman–Crippen LogP) is 1.52. The zero-order valence-electron chi connectivity index (χ0n) is 13.3. The van der Waals surface area contributed by atoms with Crippen molar-refractivity contribution in [2.24, 2.45) is 0 Å². The summed E-state index contributed by atoms with van der Waals surface area (Å²) >= 11 is 0. The van der Waals surface area contributed by atoms with Gasteiger partial charge in [-0.1, -0.05) is 6.92 Å². The molecule has 1 saturated heterocycles. The summed E-state index contributed by atoms with van der Waals surface area (Å²) in [6.07, 6.45) is 0.941. The first-order valence-corrected chi connectivity index (χ1v) is 9.10. The van der Waals surface area contributed by atoms with E-state index in [2.05, 4.69) is 0 Å². The lowest BCUT2D eigenvalue weighted by molar-refractivity contribution is -0.139. The third-order valence-corrected chi connectivity index (χ3v) is 6.03. The highest BCUT2D eigenvalue weighted by molar-refractivity contribution is 7.89. The molecular weight excluding hydrogens is 342 g/mol. The monoisotopic (exact) mass is 362 g/mol. The summed E-state index contributed by atoms with van der Waals surface area (Å²) in [5, 5.41) is 8.91. The molecule has 134 valence electrons. The van der Waals surface area contributed by atoms with Crippen LogP contribution in [0.3, 0.4) is 0 Å². The number of likely N-dealkylation sites (N-methyl/N-ethyl adjacent to an activating group) is 1. The molecule has 0 radical (unpaired) electrons. The van der Waals surface area contributed by atoms with Gasteiger partial charge in [-0.15, -0.1) is 0 Å². The Kier molecular flexibility index (Phi) is 5.89. The van der Waals surface area contributed by atoms with E-state index in [0.29, 0.717) is 25.5 Å². The molecule has 24 heavy (non-hydrogen) atoms. The number of carbonyl (C=O) groups is 1. The number of aliphatic carboxylic acids is 1. The van der Waals surface area contributed by atoms with E-state index in [-0.39, 0.29) is 25.7 Å². The highest BCUT2D eigenvalue weighted by atomic mass is 32.2. The Morgan fingerprint density at radius 1 is 1.25 bits per heavy atom. The SMILES string of the molecule is CCN(CC(=O)O)C1CCN(S(=O)(=O)c2cc(F)cc(F)c2)CC1. The number of piperidine rings is 1. The predicted molar refractivity (Wildman–Crippen MR) is 83.0 cm³/mol. The zero-order valence-corrected chi connectivity index (χ0v) is 14.1. The van der Waals surface area contributed by atoms with Crippen LogP contribution in [0.15, 0.2) is 23.1 Å². The molecule has 6 nitrogen and oxygen atoms in total. The smallest absolute Gasteiger partial charge is 0.317 e. The van der Waals surface area contributed by atoms with Crippen LogP contribution in [0.2, 0.25) is 0 Å². The molecule has 1 heterocycles. The topological polar surface area (TPSA) is 77.9 Å². The molecule has 0 amide bonds. The third kappa shape index (κ3) is 4.28. The Hall–Kier alpha value is -1.58. The number of sulfonamides is 1. The molecule has 1 aromatic rings. The molecule has 0 aromatic heterocycles. The maximum atomic E-state index is 13.3. The van der Waals surface area contributed by atoms with Gasteiger partial charge in [-0.3, -0.25) is 9.69 Å². The lowest BCUT2D eigenvalue weighted by Gasteiger charge is -2.36. The Morgan fingerprint density at radius 3 is 2.25 bits per heavy atom. The van der Waals surface area contributed by atoms with Crippen molar-refractivity contribution in [3.05, 3.63) is 29.8 Å². The molecule has 0 atom stereocenters. The van der Waals surface area contributed by atoms with Crippen LogP contribution >= 0.6 is 0 Å². The molecule has 0 bridgehead atoms. The Labute approximate surface area is 139 Å². The number of hydrogen-bond acceptors (Lipinski definition) is 4. The van der Waals surface area contributed by atoms with Crippen molar-refractivity contribution in [1.29, 1.82) is 0 Å². The quantitative estimate of drug-likeness (QED) is 0.830. The van der Waals surface area contributed by atoms with Gasteiger partial charge in [0.2, 0.25) is 10.0 Å². The lowest BCUT2D eigenvalue weighted by atomic mass is 10.0. The van der Waals surface area contributed by atoms with E-state index in [4.69, 9.17) is 5.11 Å². The van der Waals surface area contributed by atoms with E-state index >= 15 is 0 Å². The van der Waals surface area contributed by atoms with E-state index in [0.717, 1.165) is 12.1 Å². The normalized spacial score (nSPS) is 17.3. The van der Waals surface area contributed by atoms with Crippen molar-refractivity contribution in [1.82, 2.24) is 9.21 Å². The molecule has 1 N–H and O–H groups in total. The number of hydrogen-bond donors (Lipinski definition) is 1. The summed E-state index contributed by atoms with van der Waals surface area (Å²) in [7, 11) is -3.97. The van der Waals surface area contributed by atoms with E-state index in [1.165, 1.54) is 4.31 Å². The molecule has 0 saturated carbocycles. The van der Waals surface area contributed by atoms with Crippen LogP contribution in [0.1, 0.15) is 19.8 Å². The molecule has 1 aliphatic rings. The van der Waals surface area contributed by atoms with Crippen LogP contribution < -0.4 is 0 Å². The minimum absolute atomic E-state index is 0.0261. The van der Waals surface area contributed by atoms with Crippen molar-refractivity contribution in [3.63, 3.8) is 0 Å². The molecule has 0 unspecified atom stereocenters. The molecular formula is C15H20F2N2O4S. The van der Waals surface area contributed by atoms with Crippen molar-refractivity contribution in [2.75, 3.05) is 26.2 Å². The molecule has 2 rings (SSSR count). The number of nitrogens with zero attached hydrogens (tertiary/aromatic N) is 2. The van der Waals surface area contributed by atoms with Gasteiger partial charge < -0.3 is 5.11 Å². The first-order chi connectivity index (χ1) is 11.2. The highest BCUT2D eigenvalue weighted by Crippen LogP contribution is 2.24. The van der Waals surface area contributed by atoms with Crippen LogP contribution in [0.4, 0.5) is 8.78 Å². The number of carboxylic acid groups (broad SMARTS) is 1. The summed E-state index contributed by atoms with van der Waals surface area (Å²) in [6.45, 7) is 2.67. The second-order valence-corrected chi connectivity index (χ2v) is 7.64. The van der Waals surface area contributed by atoms with Gasteiger partial charge in [0, 0.05) is 25.2 Å². The fraction of sp³-hybridized carbons (Fsp3) is 0.533. The summed E-state index contributed by atoms with van der Waals surface area (Å²) in [6, 6.07) is 2.19. The second kappa shape index (κ2) is 7.54. The first kappa shape index (κ1) is 18.8. The average Bonchev–Trinajstić information content (AvgIpc) is 2.51. The van der Waals surface area contributed by atoms with E-state index < -0.39 is 32.5 Å². The van der Waals surface area contributed by atoms with Gasteiger partial charge in [0.15, 0.2) is 0 Å². The van der Waals surface area contributed by atoms with E-state index in [1.54, 1.807) is 4.90 Å². The maximum absolute atomic E-state index is 13.3. The number of benzene rings is 1. The molecule has 1 aromatic carbocycles. The van der Waals surface area contributed by atoms with Gasteiger partial charge in [0.25, 0.3) is 0 Å². The molecule has 0 spiro atoms. The van der Waals surface area contributed by atoms with Gasteiger partial charge in [-0.2, -0.15) is 4.31 Å². The zero-order chi connectivity index (χ0) is 17.9. The fourth-order valence-electron chi connectivity index (χ4n) is 2.95. The Balaban J connectivity index is 2.09. The third-order valence-electron chi connectivity index (χ3n) is 4.16. The van der Waals surface area contributed by atoms with Crippen LogP contribution in [0.25, 0.3) is 0 Å². The maximum Gasteiger partial charge on any atom is 0.317 e. The minimum atomic E-state index is -3.97. The molecule has 1 aliphatic heterocycles. The second-order valence-electron chi connectivity index (χ2n) is 5.70. The minimum Gasteiger partial charge on any atom is -0.480 e. The van der Waals surface area contributed by atoms with Crippen molar-refractivity contribution in [2.45, 2.75) is 30.7 Å². The standard InChI is InChI=1S/C15H20F2N2O4S/c1-2-18(10-15(20)21)13-3-5-19(6-4-13)24(22,23)14-8-11(16)7-12(17)9-14/h7-9,13H,2-6,10H2,1H3,(H,20,21). The van der Waals surface area contributed by atoms with Gasteiger partial charge >= 0.3 is 5.97 Å². The van der Waals surface area contributed by atoms with Crippen LogP contribution in [0.5, 0.6) is 0 Å². The van der Waals surface area contributed by atoms with E-state index in [9.17, 15) is 22.0 Å². The van der Waals surface area contributed by atoms with Gasteiger partial charge in [0.1, 0.15) is 11.6 Å². The van der Waals surface area contributed by atoms with Crippen LogP contribution in [-0.2, 0) is 14.8 Å². The van der Waals surface area contributed by atoms with Gasteiger partial charge in [0.05, 0.1) is 11.4 Å². The Morgan fingerprint density at radius 2 is 1.79 bits per heavy atom. The first-order valence-electron chi connectivity index (χ1n) is 7.66. The summed E-state index contributed by atoms with van der Waals surface area (Å²) in [4.78, 5) is 12.2. The highest BCUT2D eigenvalue weighted by Gasteiger charge is 2.32. The number of carboxylic acids is 1. The van der Waals surface area contributed by atoms with Crippen LogP contribution in [-0.4, -0.2) is 60.9 Å². The Bertz CT molecular complexity index is 683. The van der Waals surface area contributed by atoms with Gasteiger partial charge in [-0.25, -0.2) is 17.2 Å². The summed E-state index contributed by atoms with van der Waals surface area (Å²) in [5.74, 6) is -2.81. The summed E-state index contributed by atoms with van der Waals surface area (Å²) < 4.78 is 52.7.